The summed E-state index contributed by atoms with van der Waals surface area (Å²) in [6.07, 6.45) is 0. The van der Waals surface area contributed by atoms with E-state index in [4.69, 9.17) is 4.74 Å². The molecule has 0 radical (unpaired) electrons. The Kier molecular flexibility index (Phi) is 8.15. The number of amides is 1. The van der Waals surface area contributed by atoms with Crippen LogP contribution in [0.5, 0.6) is 5.75 Å². The lowest BCUT2D eigenvalue weighted by atomic mass is 10.1. The average Bonchev–Trinajstić information content (AvgIpc) is 3.31. The summed E-state index contributed by atoms with van der Waals surface area (Å²) in [5.74, 6) is 0.619. The molecule has 0 saturated heterocycles. The fourth-order valence-corrected chi connectivity index (χ4v) is 4.23. The molecule has 0 aliphatic rings. The van der Waals surface area contributed by atoms with Crippen LogP contribution in [-0.4, -0.2) is 38.1 Å². The van der Waals surface area contributed by atoms with E-state index in [1.54, 1.807) is 31.2 Å². The molecule has 1 aromatic heterocycles. The average molecular weight is 514 g/mol. The summed E-state index contributed by atoms with van der Waals surface area (Å²) in [6.45, 7) is 7.21. The number of carbonyl (C=O) groups excluding carboxylic acids is 2. The number of thioether (sulfide) groups is 1. The molecule has 0 spiro atoms. The number of hydrogen-bond donors (Lipinski definition) is 1. The van der Waals surface area contributed by atoms with Crippen LogP contribution in [0.4, 0.5) is 0 Å². The lowest BCUT2D eigenvalue weighted by Gasteiger charge is -2.11. The molecule has 0 bridgehead atoms. The fraction of sp³-hybridized carbons (Fsp3) is 0.179. The van der Waals surface area contributed by atoms with E-state index >= 15 is 0 Å². The summed E-state index contributed by atoms with van der Waals surface area (Å²) < 4.78 is 7.00. The van der Waals surface area contributed by atoms with Gasteiger partial charge in [-0.3, -0.25) is 14.2 Å². The van der Waals surface area contributed by atoms with Crippen LogP contribution in [0, 0.1) is 13.8 Å². The Morgan fingerprint density at radius 2 is 1.51 bits per heavy atom. The lowest BCUT2D eigenvalue weighted by molar-refractivity contribution is -0.131. The van der Waals surface area contributed by atoms with Gasteiger partial charge in [-0.05, 0) is 62.7 Å². The molecule has 37 heavy (non-hydrogen) atoms. The Bertz CT molecular complexity index is 1430. The summed E-state index contributed by atoms with van der Waals surface area (Å²) in [7, 11) is 0. The number of nitrogens with zero attached hydrogens (tertiary/aromatic N) is 4. The molecule has 1 heterocycles. The minimum atomic E-state index is -0.382. The predicted molar refractivity (Wildman–Crippen MR) is 145 cm³/mol. The number of aryl methyl sites for hydroxylation is 2. The molecule has 0 unspecified atom stereocenters. The number of rotatable bonds is 8. The van der Waals surface area contributed by atoms with Gasteiger partial charge < -0.3 is 4.74 Å². The van der Waals surface area contributed by atoms with Crippen molar-refractivity contribution in [1.82, 2.24) is 20.2 Å². The number of hydrogen-bond acceptors (Lipinski definition) is 7. The maximum atomic E-state index is 12.6. The Labute approximate surface area is 219 Å². The summed E-state index contributed by atoms with van der Waals surface area (Å²) >= 11 is 1.29. The van der Waals surface area contributed by atoms with Crippen LogP contribution < -0.4 is 10.2 Å². The molecule has 3 aromatic carbocycles. The standard InChI is InChI=1S/C28H27N5O3S/c1-18-5-9-23(10-6-18)27-31-32-28(33(27)24-13-7-19(2)8-14-24)37-17-26(35)30-29-20(3)22-11-15-25(16-12-22)36-21(4)34/h5-16H,17H2,1-4H3,(H,30,35)/b29-20-. The van der Waals surface area contributed by atoms with E-state index in [1.165, 1.54) is 18.7 Å². The SMILES string of the molecule is CC(=O)Oc1ccc(/C(C)=N\NC(=O)CSc2nnc(-c3ccc(C)cc3)n2-c2ccc(C)cc2)cc1. The van der Waals surface area contributed by atoms with Gasteiger partial charge in [-0.2, -0.15) is 5.10 Å². The van der Waals surface area contributed by atoms with E-state index in [9.17, 15) is 9.59 Å². The van der Waals surface area contributed by atoms with Crippen molar-refractivity contribution in [2.24, 2.45) is 5.10 Å². The van der Waals surface area contributed by atoms with Crippen LogP contribution in [0.3, 0.4) is 0 Å². The van der Waals surface area contributed by atoms with E-state index in [0.717, 1.165) is 27.9 Å². The predicted octanol–water partition coefficient (Wildman–Crippen LogP) is 5.11. The van der Waals surface area contributed by atoms with E-state index in [1.807, 2.05) is 66.9 Å². The second kappa shape index (κ2) is 11.7. The molecule has 0 saturated carbocycles. The van der Waals surface area contributed by atoms with Crippen LogP contribution in [0.15, 0.2) is 83.1 Å². The van der Waals surface area contributed by atoms with E-state index in [0.29, 0.717) is 22.4 Å². The molecule has 188 valence electrons. The Morgan fingerprint density at radius 3 is 2.14 bits per heavy atom. The number of ether oxygens (including phenoxy) is 1. The Hall–Kier alpha value is -4.24. The van der Waals surface area contributed by atoms with Crippen molar-refractivity contribution in [1.29, 1.82) is 0 Å². The van der Waals surface area contributed by atoms with Gasteiger partial charge in [0, 0.05) is 18.2 Å². The highest BCUT2D eigenvalue weighted by molar-refractivity contribution is 7.99. The molecule has 4 aromatic rings. The van der Waals surface area contributed by atoms with Gasteiger partial charge in [-0.1, -0.05) is 59.3 Å². The second-order valence-electron chi connectivity index (χ2n) is 8.48. The van der Waals surface area contributed by atoms with Crippen LogP contribution in [0.2, 0.25) is 0 Å². The van der Waals surface area contributed by atoms with Gasteiger partial charge in [0.05, 0.1) is 11.5 Å². The van der Waals surface area contributed by atoms with Gasteiger partial charge in [-0.25, -0.2) is 5.43 Å². The third-order valence-electron chi connectivity index (χ3n) is 5.45. The molecule has 9 heteroatoms. The number of hydrazone groups is 1. The molecule has 1 amide bonds. The van der Waals surface area contributed by atoms with Gasteiger partial charge in [0.1, 0.15) is 5.75 Å². The normalized spacial score (nSPS) is 11.3. The third-order valence-corrected chi connectivity index (χ3v) is 6.38. The van der Waals surface area contributed by atoms with Crippen molar-refractivity contribution in [3.63, 3.8) is 0 Å². The van der Waals surface area contributed by atoms with Gasteiger partial charge in [0.25, 0.3) is 5.91 Å². The molecular weight excluding hydrogens is 486 g/mol. The van der Waals surface area contributed by atoms with Gasteiger partial charge in [0.2, 0.25) is 0 Å². The first-order valence-corrected chi connectivity index (χ1v) is 12.6. The molecule has 1 N–H and O–H groups in total. The first kappa shape index (κ1) is 25.8. The zero-order chi connectivity index (χ0) is 26.4. The lowest BCUT2D eigenvalue weighted by Crippen LogP contribution is -2.21. The van der Waals surface area contributed by atoms with E-state index < -0.39 is 0 Å². The summed E-state index contributed by atoms with van der Waals surface area (Å²) in [5.41, 5.74) is 8.18. The van der Waals surface area contributed by atoms with Crippen LogP contribution in [0.1, 0.15) is 30.5 Å². The minimum absolute atomic E-state index is 0.111. The first-order chi connectivity index (χ1) is 17.8. The van der Waals surface area contributed by atoms with Crippen molar-refractivity contribution >= 4 is 29.4 Å². The van der Waals surface area contributed by atoms with Crippen LogP contribution in [0.25, 0.3) is 17.1 Å². The third kappa shape index (κ3) is 6.71. The number of aromatic nitrogens is 3. The number of carbonyl (C=O) groups is 2. The summed E-state index contributed by atoms with van der Waals surface area (Å²) in [6, 6.07) is 23.1. The van der Waals surface area contributed by atoms with Crippen molar-refractivity contribution in [2.75, 3.05) is 5.75 Å². The zero-order valence-electron chi connectivity index (χ0n) is 21.1. The van der Waals surface area contributed by atoms with Crippen molar-refractivity contribution in [2.45, 2.75) is 32.9 Å². The Morgan fingerprint density at radius 1 is 0.892 bits per heavy atom. The first-order valence-electron chi connectivity index (χ1n) is 11.6. The topological polar surface area (TPSA) is 98.5 Å². The molecule has 8 nitrogen and oxygen atoms in total. The van der Waals surface area contributed by atoms with Crippen LogP contribution in [-0.2, 0) is 9.59 Å². The van der Waals surface area contributed by atoms with Gasteiger partial charge >= 0.3 is 5.97 Å². The molecule has 4 rings (SSSR count). The molecule has 0 aliphatic carbocycles. The molecular formula is C28H27N5O3S. The zero-order valence-corrected chi connectivity index (χ0v) is 21.9. The number of nitrogens with one attached hydrogen (secondary N) is 1. The second-order valence-corrected chi connectivity index (χ2v) is 9.42. The number of esters is 1. The van der Waals surface area contributed by atoms with Gasteiger partial charge in [-0.15, -0.1) is 10.2 Å². The summed E-state index contributed by atoms with van der Waals surface area (Å²) in [5, 5.41) is 13.6. The van der Waals surface area contributed by atoms with Crippen molar-refractivity contribution in [3.8, 4) is 22.8 Å². The monoisotopic (exact) mass is 513 g/mol. The number of benzene rings is 3. The highest BCUT2D eigenvalue weighted by Gasteiger charge is 2.17. The fourth-order valence-electron chi connectivity index (χ4n) is 3.48. The molecule has 0 fully saturated rings. The van der Waals surface area contributed by atoms with E-state index in [-0.39, 0.29) is 17.6 Å². The molecule has 0 aliphatic heterocycles. The molecule has 0 atom stereocenters. The summed E-state index contributed by atoms with van der Waals surface area (Å²) in [4.78, 5) is 23.6. The van der Waals surface area contributed by atoms with Crippen molar-refractivity contribution < 1.29 is 14.3 Å². The minimum Gasteiger partial charge on any atom is -0.427 e. The smallest absolute Gasteiger partial charge is 0.308 e. The Balaban J connectivity index is 1.47. The quantitative estimate of drug-likeness (QED) is 0.116. The maximum Gasteiger partial charge on any atom is 0.308 e. The maximum absolute atomic E-state index is 12.6. The van der Waals surface area contributed by atoms with Crippen LogP contribution >= 0.6 is 11.8 Å². The largest absolute Gasteiger partial charge is 0.427 e. The highest BCUT2D eigenvalue weighted by atomic mass is 32.2. The highest BCUT2D eigenvalue weighted by Crippen LogP contribution is 2.28. The van der Waals surface area contributed by atoms with E-state index in [2.05, 4.69) is 20.7 Å². The van der Waals surface area contributed by atoms with Crippen molar-refractivity contribution in [3.05, 3.63) is 89.5 Å². The van der Waals surface area contributed by atoms with Gasteiger partial charge in [0.15, 0.2) is 11.0 Å².